The first-order valence-corrected chi connectivity index (χ1v) is 23.5. The van der Waals surface area contributed by atoms with Gasteiger partial charge in [-0.05, 0) is 120 Å². The van der Waals surface area contributed by atoms with E-state index in [4.69, 9.17) is 9.97 Å². The van der Waals surface area contributed by atoms with Gasteiger partial charge in [0.25, 0.3) is 0 Å². The zero-order chi connectivity index (χ0) is 44.5. The Bertz CT molecular complexity index is 4170. The molecule has 68 heavy (non-hydrogen) atoms. The van der Waals surface area contributed by atoms with Crippen molar-refractivity contribution in [2.75, 3.05) is 0 Å². The van der Waals surface area contributed by atoms with Gasteiger partial charge >= 0.3 is 0 Å². The standard InChI is InChI=1S/C65H39N3/c1-2-14-45(15-3-1)68-61-25-13-10-20-52(61)55-36-42(32-35-62(55)68)40-26-28-41(29-27-40)43-30-33-50-51-34-31-44(60-39-66-63-53-21-6-4-16-46(53)47-17-5-7-22-54(47)64(63)67-60)38-59(51)65(58(50)37-43)56-23-11-8-18-48(56)49-19-9-12-24-57(49)65/h1-39H. The van der Waals surface area contributed by atoms with Crippen molar-refractivity contribution < 1.29 is 0 Å². The number of benzene rings is 11. The third kappa shape index (κ3) is 5.07. The van der Waals surface area contributed by atoms with E-state index < -0.39 is 5.41 Å². The summed E-state index contributed by atoms with van der Waals surface area (Å²) >= 11 is 0. The van der Waals surface area contributed by atoms with E-state index in [-0.39, 0.29) is 0 Å². The van der Waals surface area contributed by atoms with Crippen LogP contribution in [0.5, 0.6) is 0 Å². The fourth-order valence-corrected chi connectivity index (χ4v) is 12.1. The summed E-state index contributed by atoms with van der Waals surface area (Å²) < 4.78 is 2.37. The molecule has 15 rings (SSSR count). The van der Waals surface area contributed by atoms with E-state index in [0.29, 0.717) is 0 Å². The first kappa shape index (κ1) is 37.3. The molecule has 2 aromatic heterocycles. The van der Waals surface area contributed by atoms with E-state index in [1.807, 2.05) is 6.20 Å². The van der Waals surface area contributed by atoms with E-state index >= 15 is 0 Å². The van der Waals surface area contributed by atoms with Gasteiger partial charge < -0.3 is 4.57 Å². The molecule has 2 aliphatic carbocycles. The zero-order valence-electron chi connectivity index (χ0n) is 36.9. The van der Waals surface area contributed by atoms with Gasteiger partial charge in [0.15, 0.2) is 0 Å². The number of nitrogens with zero attached hydrogens (tertiary/aromatic N) is 3. The van der Waals surface area contributed by atoms with Crippen LogP contribution in [-0.2, 0) is 5.41 Å². The maximum atomic E-state index is 5.46. The topological polar surface area (TPSA) is 30.7 Å². The summed E-state index contributed by atoms with van der Waals surface area (Å²) in [7, 11) is 0. The fraction of sp³-hybridized carbons (Fsp3) is 0.0154. The van der Waals surface area contributed by atoms with Crippen LogP contribution in [0.1, 0.15) is 22.3 Å². The number of hydrogen-bond donors (Lipinski definition) is 0. The molecule has 0 aliphatic heterocycles. The lowest BCUT2D eigenvalue weighted by molar-refractivity contribution is 0.794. The Hall–Kier alpha value is -8.92. The normalized spacial score (nSPS) is 13.1. The number of fused-ring (bicyclic) bond motifs is 19. The smallest absolute Gasteiger partial charge is 0.0979 e. The molecule has 2 heterocycles. The SMILES string of the molecule is c1ccc(-n2c3ccccc3c3cc(-c4ccc(-c5ccc6c(c5)C5(c7ccccc7-c7ccccc75)c5cc(-c7cnc8c9ccccc9c9ccccc9c8n7)ccc5-6)cc4)ccc32)cc1. The number of aromatic nitrogens is 3. The van der Waals surface area contributed by atoms with Crippen LogP contribution in [0.3, 0.4) is 0 Å². The molecular weight excluding hydrogens is 823 g/mol. The fourth-order valence-electron chi connectivity index (χ4n) is 12.1. The van der Waals surface area contributed by atoms with Gasteiger partial charge in [-0.25, -0.2) is 4.98 Å². The summed E-state index contributed by atoms with van der Waals surface area (Å²) in [6.45, 7) is 0. The second-order valence-corrected chi connectivity index (χ2v) is 18.4. The van der Waals surface area contributed by atoms with Gasteiger partial charge in [-0.1, -0.05) is 188 Å². The van der Waals surface area contributed by atoms with Crippen LogP contribution in [0.15, 0.2) is 237 Å². The summed E-state index contributed by atoms with van der Waals surface area (Å²) in [6, 6.07) is 84.8. The van der Waals surface area contributed by atoms with Crippen molar-refractivity contribution >= 4 is 54.4 Å². The van der Waals surface area contributed by atoms with Crippen LogP contribution in [0, 0.1) is 0 Å². The van der Waals surface area contributed by atoms with E-state index in [1.54, 1.807) is 0 Å². The molecule has 0 fully saturated rings. The molecule has 11 aromatic carbocycles. The highest BCUT2D eigenvalue weighted by molar-refractivity contribution is 6.23. The Morgan fingerprint density at radius 2 is 0.779 bits per heavy atom. The predicted molar refractivity (Wildman–Crippen MR) is 281 cm³/mol. The Labute approximate surface area is 392 Å². The molecule has 3 nitrogen and oxygen atoms in total. The first-order chi connectivity index (χ1) is 33.7. The average Bonchev–Trinajstić information content (AvgIpc) is 4.02. The zero-order valence-corrected chi connectivity index (χ0v) is 36.9. The van der Waals surface area contributed by atoms with Crippen LogP contribution in [0.25, 0.3) is 116 Å². The summed E-state index contributed by atoms with van der Waals surface area (Å²) in [5, 5.41) is 7.15. The molecule has 0 N–H and O–H groups in total. The molecule has 0 saturated heterocycles. The lowest BCUT2D eigenvalue weighted by atomic mass is 9.70. The Balaban J connectivity index is 0.872. The van der Waals surface area contributed by atoms with Gasteiger partial charge in [0.2, 0.25) is 0 Å². The van der Waals surface area contributed by atoms with Gasteiger partial charge in [-0.15, -0.1) is 0 Å². The highest BCUT2D eigenvalue weighted by Crippen LogP contribution is 2.63. The maximum absolute atomic E-state index is 5.46. The number of para-hydroxylation sites is 2. The van der Waals surface area contributed by atoms with Gasteiger partial charge in [0.1, 0.15) is 0 Å². The van der Waals surface area contributed by atoms with Crippen molar-refractivity contribution in [1.82, 2.24) is 14.5 Å². The molecule has 0 bridgehead atoms. The molecule has 0 atom stereocenters. The van der Waals surface area contributed by atoms with Gasteiger partial charge in [0.05, 0.1) is 39.4 Å². The predicted octanol–water partition coefficient (Wildman–Crippen LogP) is 16.4. The summed E-state index contributed by atoms with van der Waals surface area (Å²) in [6.07, 6.45) is 1.97. The Morgan fingerprint density at radius 3 is 1.46 bits per heavy atom. The second-order valence-electron chi connectivity index (χ2n) is 18.4. The first-order valence-electron chi connectivity index (χ1n) is 23.5. The average molecular weight is 862 g/mol. The summed E-state index contributed by atoms with van der Waals surface area (Å²) in [4.78, 5) is 10.6. The largest absolute Gasteiger partial charge is 0.309 e. The minimum atomic E-state index is -0.522. The van der Waals surface area contributed by atoms with Crippen molar-refractivity contribution in [1.29, 1.82) is 0 Å². The van der Waals surface area contributed by atoms with Crippen LogP contribution < -0.4 is 0 Å². The molecule has 13 aromatic rings. The van der Waals surface area contributed by atoms with Crippen molar-refractivity contribution in [3.63, 3.8) is 0 Å². The summed E-state index contributed by atoms with van der Waals surface area (Å²) in [5.74, 6) is 0. The third-order valence-corrected chi connectivity index (χ3v) is 15.1. The van der Waals surface area contributed by atoms with Crippen molar-refractivity contribution in [2.45, 2.75) is 5.41 Å². The Morgan fingerprint density at radius 1 is 0.309 bits per heavy atom. The number of hydrogen-bond acceptors (Lipinski definition) is 2. The molecule has 0 saturated carbocycles. The molecular formula is C65H39N3. The second kappa shape index (κ2) is 14.0. The van der Waals surface area contributed by atoms with Crippen molar-refractivity contribution in [3.8, 4) is 61.5 Å². The summed E-state index contributed by atoms with van der Waals surface area (Å²) in [5.41, 5.74) is 22.0. The van der Waals surface area contributed by atoms with Gasteiger partial charge in [-0.3, -0.25) is 4.98 Å². The van der Waals surface area contributed by atoms with Crippen molar-refractivity contribution in [3.05, 3.63) is 259 Å². The van der Waals surface area contributed by atoms with Gasteiger partial charge in [0, 0.05) is 32.8 Å². The molecule has 0 radical (unpaired) electrons. The minimum Gasteiger partial charge on any atom is -0.309 e. The highest BCUT2D eigenvalue weighted by Gasteiger charge is 2.51. The molecule has 2 aliphatic rings. The van der Waals surface area contributed by atoms with Gasteiger partial charge in [-0.2, -0.15) is 0 Å². The minimum absolute atomic E-state index is 0.522. The third-order valence-electron chi connectivity index (χ3n) is 15.1. The van der Waals surface area contributed by atoms with Crippen LogP contribution in [0.2, 0.25) is 0 Å². The lowest BCUT2D eigenvalue weighted by Gasteiger charge is -2.31. The molecule has 1 spiro atoms. The van der Waals surface area contributed by atoms with Crippen LogP contribution >= 0.6 is 0 Å². The van der Waals surface area contributed by atoms with Crippen molar-refractivity contribution in [2.24, 2.45) is 0 Å². The maximum Gasteiger partial charge on any atom is 0.0979 e. The monoisotopic (exact) mass is 861 g/mol. The van der Waals surface area contributed by atoms with E-state index in [1.165, 1.54) is 105 Å². The quantitative estimate of drug-likeness (QED) is 0.165. The van der Waals surface area contributed by atoms with Crippen LogP contribution in [0.4, 0.5) is 0 Å². The molecule has 314 valence electrons. The Kier molecular flexibility index (Phi) is 7.71. The number of rotatable bonds is 4. The highest BCUT2D eigenvalue weighted by atomic mass is 15.0. The van der Waals surface area contributed by atoms with Crippen LogP contribution in [-0.4, -0.2) is 14.5 Å². The molecule has 0 amide bonds. The van der Waals surface area contributed by atoms with E-state index in [0.717, 1.165) is 33.1 Å². The lowest BCUT2D eigenvalue weighted by Crippen LogP contribution is -2.26. The molecule has 0 unspecified atom stereocenters. The molecule has 3 heteroatoms. The van der Waals surface area contributed by atoms with E-state index in [9.17, 15) is 0 Å². The van der Waals surface area contributed by atoms with E-state index in [2.05, 4.69) is 235 Å².